The van der Waals surface area contributed by atoms with Gasteiger partial charge in [-0.3, -0.25) is 10.1 Å². The van der Waals surface area contributed by atoms with E-state index in [1.807, 2.05) is 0 Å². The van der Waals surface area contributed by atoms with Crippen LogP contribution in [0.2, 0.25) is 0 Å². The molecule has 1 aromatic rings. The lowest BCUT2D eigenvalue weighted by atomic mass is 10.2. The first-order chi connectivity index (χ1) is 9.00. The van der Waals surface area contributed by atoms with Gasteiger partial charge in [0.05, 0.1) is 4.92 Å². The molecule has 8 heteroatoms. The standard InChI is InChI=1S/C11H18N6O2/c1-15-5-3-4-8(15)6-16(2)11-9(17(18)19)10(12)13-7-14-11/h7-8H,3-6H2,1-2H3,(H2,12,13,14). The molecule has 8 nitrogen and oxygen atoms in total. The van der Waals surface area contributed by atoms with Gasteiger partial charge in [0.25, 0.3) is 0 Å². The van der Waals surface area contributed by atoms with Gasteiger partial charge in [-0.25, -0.2) is 9.97 Å². The molecule has 0 spiro atoms. The summed E-state index contributed by atoms with van der Waals surface area (Å²) in [4.78, 5) is 22.2. The van der Waals surface area contributed by atoms with Crippen LogP contribution in [-0.2, 0) is 0 Å². The predicted octanol–water partition coefficient (Wildman–Crippen LogP) is 0.497. The summed E-state index contributed by atoms with van der Waals surface area (Å²) in [7, 11) is 3.86. The van der Waals surface area contributed by atoms with Gasteiger partial charge in [0, 0.05) is 19.6 Å². The number of hydrogen-bond acceptors (Lipinski definition) is 7. The van der Waals surface area contributed by atoms with Crippen LogP contribution < -0.4 is 10.6 Å². The van der Waals surface area contributed by atoms with Gasteiger partial charge in [-0.1, -0.05) is 0 Å². The summed E-state index contributed by atoms with van der Waals surface area (Å²) in [5.74, 6) is 0.180. The molecule has 1 aliphatic heterocycles. The van der Waals surface area contributed by atoms with Crippen molar-refractivity contribution in [3.05, 3.63) is 16.4 Å². The Hall–Kier alpha value is -1.96. The summed E-state index contributed by atoms with van der Waals surface area (Å²) in [6.07, 6.45) is 3.50. The van der Waals surface area contributed by atoms with Crippen LogP contribution in [0.25, 0.3) is 0 Å². The molecule has 0 saturated carbocycles. The molecule has 0 aromatic carbocycles. The van der Waals surface area contributed by atoms with Crippen molar-refractivity contribution < 1.29 is 4.92 Å². The highest BCUT2D eigenvalue weighted by Gasteiger charge is 2.27. The number of nitro groups is 1. The van der Waals surface area contributed by atoms with E-state index in [1.165, 1.54) is 6.33 Å². The first-order valence-electron chi connectivity index (χ1n) is 6.17. The Morgan fingerprint density at radius 2 is 2.37 bits per heavy atom. The van der Waals surface area contributed by atoms with Crippen molar-refractivity contribution >= 4 is 17.3 Å². The van der Waals surface area contributed by atoms with Crippen LogP contribution in [0.1, 0.15) is 12.8 Å². The van der Waals surface area contributed by atoms with E-state index in [2.05, 4.69) is 21.9 Å². The van der Waals surface area contributed by atoms with Crippen LogP contribution in [0.4, 0.5) is 17.3 Å². The van der Waals surface area contributed by atoms with Gasteiger partial charge in [0.15, 0.2) is 0 Å². The average molecular weight is 266 g/mol. The summed E-state index contributed by atoms with van der Waals surface area (Å²) in [6.45, 7) is 1.75. The number of anilines is 2. The minimum absolute atomic E-state index is 0.0957. The van der Waals surface area contributed by atoms with Gasteiger partial charge in [0.2, 0.25) is 11.6 Å². The Morgan fingerprint density at radius 1 is 1.63 bits per heavy atom. The molecule has 1 aliphatic rings. The molecule has 2 heterocycles. The van der Waals surface area contributed by atoms with Crippen LogP contribution in [0.3, 0.4) is 0 Å². The van der Waals surface area contributed by atoms with E-state index in [4.69, 9.17) is 5.73 Å². The summed E-state index contributed by atoms with van der Waals surface area (Å²) in [6, 6.07) is 0.390. The third-order valence-corrected chi connectivity index (χ3v) is 3.53. The second-order valence-electron chi connectivity index (χ2n) is 4.85. The Balaban J connectivity index is 2.21. The number of aromatic nitrogens is 2. The largest absolute Gasteiger partial charge is 0.378 e. The van der Waals surface area contributed by atoms with E-state index < -0.39 is 4.92 Å². The number of nitrogen functional groups attached to an aromatic ring is 1. The van der Waals surface area contributed by atoms with Gasteiger partial charge in [-0.2, -0.15) is 0 Å². The molecule has 2 rings (SSSR count). The molecular formula is C11H18N6O2. The molecule has 0 aliphatic carbocycles. The van der Waals surface area contributed by atoms with Crippen molar-refractivity contribution in [1.29, 1.82) is 0 Å². The van der Waals surface area contributed by atoms with E-state index in [0.29, 0.717) is 12.6 Å². The lowest BCUT2D eigenvalue weighted by Gasteiger charge is -2.26. The van der Waals surface area contributed by atoms with Gasteiger partial charge in [-0.15, -0.1) is 0 Å². The van der Waals surface area contributed by atoms with Crippen LogP contribution in [0, 0.1) is 10.1 Å². The van der Waals surface area contributed by atoms with Crippen LogP contribution in [0.15, 0.2) is 6.33 Å². The summed E-state index contributed by atoms with van der Waals surface area (Å²) in [5.41, 5.74) is 5.35. The Kier molecular flexibility index (Phi) is 3.79. The number of likely N-dealkylation sites (tertiary alicyclic amines) is 1. The second kappa shape index (κ2) is 5.35. The zero-order valence-corrected chi connectivity index (χ0v) is 11.1. The summed E-state index contributed by atoms with van der Waals surface area (Å²) >= 11 is 0. The van der Waals surface area contributed by atoms with Crippen LogP contribution in [-0.4, -0.2) is 53.0 Å². The maximum atomic E-state index is 11.1. The monoisotopic (exact) mass is 266 g/mol. The number of rotatable bonds is 4. The third-order valence-electron chi connectivity index (χ3n) is 3.53. The molecule has 19 heavy (non-hydrogen) atoms. The van der Waals surface area contributed by atoms with Crippen molar-refractivity contribution in [2.45, 2.75) is 18.9 Å². The highest BCUT2D eigenvalue weighted by molar-refractivity contribution is 5.68. The van der Waals surface area contributed by atoms with Gasteiger partial charge < -0.3 is 15.5 Å². The fraction of sp³-hybridized carbons (Fsp3) is 0.636. The van der Waals surface area contributed by atoms with Crippen molar-refractivity contribution in [2.75, 3.05) is 37.8 Å². The molecule has 2 N–H and O–H groups in total. The molecule has 0 bridgehead atoms. The number of hydrogen-bond donors (Lipinski definition) is 1. The van der Waals surface area contributed by atoms with Gasteiger partial charge >= 0.3 is 5.69 Å². The number of likely N-dealkylation sites (N-methyl/N-ethyl adjacent to an activating group) is 2. The normalized spacial score (nSPS) is 19.6. The zero-order chi connectivity index (χ0) is 14.0. The molecule has 1 atom stereocenters. The average Bonchev–Trinajstić information content (AvgIpc) is 2.74. The minimum atomic E-state index is -0.528. The predicted molar refractivity (Wildman–Crippen MR) is 72.0 cm³/mol. The van der Waals surface area contributed by atoms with E-state index in [9.17, 15) is 10.1 Å². The van der Waals surface area contributed by atoms with Crippen molar-refractivity contribution in [1.82, 2.24) is 14.9 Å². The molecule has 1 unspecified atom stereocenters. The fourth-order valence-corrected chi connectivity index (χ4v) is 2.45. The van der Waals surface area contributed by atoms with Crippen molar-refractivity contribution in [3.8, 4) is 0 Å². The maximum Gasteiger partial charge on any atom is 0.353 e. The molecule has 1 saturated heterocycles. The highest BCUT2D eigenvalue weighted by Crippen LogP contribution is 2.29. The maximum absolute atomic E-state index is 11.1. The first kappa shape index (κ1) is 13.5. The van der Waals surface area contributed by atoms with E-state index in [1.54, 1.807) is 11.9 Å². The van der Waals surface area contributed by atoms with E-state index >= 15 is 0 Å². The van der Waals surface area contributed by atoms with E-state index in [0.717, 1.165) is 19.4 Å². The molecule has 1 fully saturated rings. The van der Waals surface area contributed by atoms with Gasteiger partial charge in [-0.05, 0) is 26.4 Å². The molecule has 0 amide bonds. The Labute approximate surface area is 111 Å². The molecular weight excluding hydrogens is 248 g/mol. The first-order valence-corrected chi connectivity index (χ1v) is 6.17. The number of nitrogens with zero attached hydrogens (tertiary/aromatic N) is 5. The minimum Gasteiger partial charge on any atom is -0.378 e. The van der Waals surface area contributed by atoms with Crippen molar-refractivity contribution in [3.63, 3.8) is 0 Å². The van der Waals surface area contributed by atoms with Crippen LogP contribution >= 0.6 is 0 Å². The van der Waals surface area contributed by atoms with Gasteiger partial charge in [0.1, 0.15) is 6.33 Å². The smallest absolute Gasteiger partial charge is 0.353 e. The quantitative estimate of drug-likeness (QED) is 0.625. The van der Waals surface area contributed by atoms with Crippen LogP contribution in [0.5, 0.6) is 0 Å². The topological polar surface area (TPSA) is 101 Å². The SMILES string of the molecule is CN(CC1CCCN1C)c1ncnc(N)c1[N+](=O)[O-]. The number of nitrogens with two attached hydrogens (primary N) is 1. The highest BCUT2D eigenvalue weighted by atomic mass is 16.6. The Bertz CT molecular complexity index is 480. The lowest BCUT2D eigenvalue weighted by Crippen LogP contribution is -2.37. The lowest BCUT2D eigenvalue weighted by molar-refractivity contribution is -0.383. The molecule has 1 aromatic heterocycles. The summed E-state index contributed by atoms with van der Waals surface area (Å²) in [5, 5.41) is 11.1. The molecule has 0 radical (unpaired) electrons. The summed E-state index contributed by atoms with van der Waals surface area (Å²) < 4.78 is 0. The third kappa shape index (κ3) is 2.73. The second-order valence-corrected chi connectivity index (χ2v) is 4.85. The zero-order valence-electron chi connectivity index (χ0n) is 11.1. The van der Waals surface area contributed by atoms with E-state index in [-0.39, 0.29) is 17.3 Å². The van der Waals surface area contributed by atoms with Crippen molar-refractivity contribution in [2.24, 2.45) is 0 Å². The Morgan fingerprint density at radius 3 is 2.95 bits per heavy atom. The fourth-order valence-electron chi connectivity index (χ4n) is 2.45. The molecule has 104 valence electrons.